The molecule has 1 rings (SSSR count). The largest absolute Gasteiger partial charge is 0.352 e. The van der Waals surface area contributed by atoms with E-state index in [-0.39, 0.29) is 11.1 Å². The maximum absolute atomic E-state index is 11.9. The fraction of sp³-hybridized carbons (Fsp3) is 0.455. The number of nitrogen functional groups attached to an aromatic ring is 1. The molecule has 1 aromatic rings. The predicted octanol–water partition coefficient (Wildman–Crippen LogP) is 1.75. The number of nitrogens with zero attached hydrogens (tertiary/aromatic N) is 1. The molecule has 1 aromatic heterocycles. The van der Waals surface area contributed by atoms with Crippen molar-refractivity contribution in [2.75, 3.05) is 24.0 Å². The van der Waals surface area contributed by atoms with Crippen LogP contribution in [0.3, 0.4) is 0 Å². The number of carbonyl (C=O) groups excluding carboxylic acids is 1. The molecule has 0 aliphatic rings. The highest BCUT2D eigenvalue weighted by atomic mass is 35.5. The molecule has 0 spiro atoms. The van der Waals surface area contributed by atoms with Gasteiger partial charge in [-0.1, -0.05) is 18.5 Å². The minimum absolute atomic E-state index is 0.177. The fourth-order valence-electron chi connectivity index (χ4n) is 1.41. The number of carbonyl (C=O) groups is 1. The maximum atomic E-state index is 11.9. The van der Waals surface area contributed by atoms with E-state index in [4.69, 9.17) is 17.4 Å². The van der Waals surface area contributed by atoms with Gasteiger partial charge in [0.25, 0.3) is 5.91 Å². The lowest BCUT2D eigenvalue weighted by Crippen LogP contribution is -2.29. The van der Waals surface area contributed by atoms with Crippen molar-refractivity contribution in [3.63, 3.8) is 0 Å². The molecule has 1 unspecified atom stereocenters. The molecule has 4 N–H and O–H groups in total. The number of nitrogens with two attached hydrogens (primary N) is 1. The Morgan fingerprint density at radius 2 is 2.33 bits per heavy atom. The lowest BCUT2D eigenvalue weighted by atomic mass is 10.2. The van der Waals surface area contributed by atoms with Gasteiger partial charge in [0.05, 0.1) is 0 Å². The second-order valence-corrected chi connectivity index (χ2v) is 5.28. The number of hydrogen-bond donors (Lipinski definition) is 3. The number of thioether (sulfide) groups is 1. The average molecular weight is 289 g/mol. The van der Waals surface area contributed by atoms with Crippen molar-refractivity contribution in [3.8, 4) is 0 Å². The molecular weight excluding hydrogens is 272 g/mol. The molecule has 100 valence electrons. The van der Waals surface area contributed by atoms with E-state index < -0.39 is 0 Å². The summed E-state index contributed by atoms with van der Waals surface area (Å²) < 4.78 is 0. The summed E-state index contributed by atoms with van der Waals surface area (Å²) in [7, 11) is 0. The molecule has 0 radical (unpaired) electrons. The van der Waals surface area contributed by atoms with Crippen LogP contribution in [0, 0.1) is 5.92 Å². The van der Waals surface area contributed by atoms with Crippen molar-refractivity contribution >= 4 is 35.1 Å². The Kier molecular flexibility index (Phi) is 6.24. The lowest BCUT2D eigenvalue weighted by Gasteiger charge is -2.11. The van der Waals surface area contributed by atoms with Crippen LogP contribution < -0.4 is 16.6 Å². The van der Waals surface area contributed by atoms with Crippen LogP contribution in [0.5, 0.6) is 0 Å². The average Bonchev–Trinajstić information content (AvgIpc) is 2.35. The Bertz CT molecular complexity index is 416. The minimum Gasteiger partial charge on any atom is -0.352 e. The standard InChI is InChI=1S/C11H17ClN4OS/c1-7(6-18-2)5-14-11(17)8-3-9(12)15-10(4-8)16-13/h3-4,7H,5-6,13H2,1-2H3,(H,14,17)(H,15,16). The fourth-order valence-corrected chi connectivity index (χ4v) is 2.31. The van der Waals surface area contributed by atoms with E-state index >= 15 is 0 Å². The number of rotatable bonds is 6. The summed E-state index contributed by atoms with van der Waals surface area (Å²) in [6.07, 6.45) is 2.04. The van der Waals surface area contributed by atoms with Gasteiger partial charge in [0, 0.05) is 12.1 Å². The van der Waals surface area contributed by atoms with Crippen LogP contribution in [0.25, 0.3) is 0 Å². The van der Waals surface area contributed by atoms with E-state index in [0.29, 0.717) is 23.8 Å². The van der Waals surface area contributed by atoms with Crippen molar-refractivity contribution in [2.24, 2.45) is 11.8 Å². The molecular formula is C11H17ClN4OS. The summed E-state index contributed by atoms with van der Waals surface area (Å²) in [4.78, 5) is 15.8. The molecule has 0 saturated heterocycles. The van der Waals surface area contributed by atoms with E-state index in [9.17, 15) is 4.79 Å². The van der Waals surface area contributed by atoms with Crippen LogP contribution in [-0.4, -0.2) is 29.4 Å². The van der Waals surface area contributed by atoms with Crippen LogP contribution >= 0.6 is 23.4 Å². The summed E-state index contributed by atoms with van der Waals surface area (Å²) in [6.45, 7) is 2.72. The van der Waals surface area contributed by atoms with Gasteiger partial charge in [-0.05, 0) is 30.1 Å². The van der Waals surface area contributed by atoms with Gasteiger partial charge in [-0.25, -0.2) is 10.8 Å². The summed E-state index contributed by atoms with van der Waals surface area (Å²) in [5, 5.41) is 3.08. The third-order valence-electron chi connectivity index (χ3n) is 2.27. The zero-order valence-electron chi connectivity index (χ0n) is 10.4. The first-order valence-electron chi connectivity index (χ1n) is 5.48. The highest BCUT2D eigenvalue weighted by molar-refractivity contribution is 7.98. The Morgan fingerprint density at radius 3 is 2.94 bits per heavy atom. The molecule has 5 nitrogen and oxygen atoms in total. The second kappa shape index (κ2) is 7.45. The lowest BCUT2D eigenvalue weighted by molar-refractivity contribution is 0.0949. The van der Waals surface area contributed by atoms with Crippen molar-refractivity contribution in [3.05, 3.63) is 22.8 Å². The number of amides is 1. The van der Waals surface area contributed by atoms with Gasteiger partial charge in [0.1, 0.15) is 11.0 Å². The monoisotopic (exact) mass is 288 g/mol. The molecule has 0 aliphatic carbocycles. The topological polar surface area (TPSA) is 80.0 Å². The first kappa shape index (κ1) is 15.1. The van der Waals surface area contributed by atoms with Gasteiger partial charge in [-0.15, -0.1) is 0 Å². The van der Waals surface area contributed by atoms with Gasteiger partial charge in [-0.3, -0.25) is 4.79 Å². The smallest absolute Gasteiger partial charge is 0.251 e. The SMILES string of the molecule is CSCC(C)CNC(=O)c1cc(Cl)nc(NN)c1. The van der Waals surface area contributed by atoms with Crippen LogP contribution in [0.4, 0.5) is 5.82 Å². The predicted molar refractivity (Wildman–Crippen MR) is 76.9 cm³/mol. The third-order valence-corrected chi connectivity index (χ3v) is 3.36. The number of aromatic nitrogens is 1. The zero-order valence-corrected chi connectivity index (χ0v) is 11.9. The molecule has 0 aromatic carbocycles. The minimum atomic E-state index is -0.177. The number of nitrogens with one attached hydrogen (secondary N) is 2. The zero-order chi connectivity index (χ0) is 13.5. The number of halogens is 1. The molecule has 0 aliphatic heterocycles. The van der Waals surface area contributed by atoms with E-state index in [1.165, 1.54) is 6.07 Å². The molecule has 0 saturated carbocycles. The highest BCUT2D eigenvalue weighted by Gasteiger charge is 2.10. The van der Waals surface area contributed by atoms with E-state index in [1.54, 1.807) is 17.8 Å². The van der Waals surface area contributed by atoms with E-state index in [1.807, 2.05) is 6.26 Å². The first-order valence-corrected chi connectivity index (χ1v) is 7.25. The molecule has 18 heavy (non-hydrogen) atoms. The Morgan fingerprint density at radius 1 is 1.61 bits per heavy atom. The van der Waals surface area contributed by atoms with Crippen LogP contribution in [0.2, 0.25) is 5.15 Å². The Hall–Kier alpha value is -0.980. The normalized spacial score (nSPS) is 12.0. The van der Waals surface area contributed by atoms with Crippen LogP contribution in [-0.2, 0) is 0 Å². The summed E-state index contributed by atoms with van der Waals surface area (Å²) in [5.74, 6) is 6.86. The molecule has 0 fully saturated rings. The second-order valence-electron chi connectivity index (χ2n) is 3.98. The van der Waals surface area contributed by atoms with Crippen molar-refractivity contribution in [1.82, 2.24) is 10.3 Å². The van der Waals surface area contributed by atoms with E-state index in [2.05, 4.69) is 22.7 Å². The number of hydrogen-bond acceptors (Lipinski definition) is 5. The molecule has 0 bridgehead atoms. The highest BCUT2D eigenvalue weighted by Crippen LogP contribution is 2.13. The molecule has 1 heterocycles. The van der Waals surface area contributed by atoms with Gasteiger partial charge < -0.3 is 10.7 Å². The number of hydrazine groups is 1. The van der Waals surface area contributed by atoms with Gasteiger partial charge in [0.2, 0.25) is 0 Å². The van der Waals surface area contributed by atoms with Gasteiger partial charge in [-0.2, -0.15) is 11.8 Å². The van der Waals surface area contributed by atoms with Crippen LogP contribution in [0.15, 0.2) is 12.1 Å². The van der Waals surface area contributed by atoms with Crippen molar-refractivity contribution in [2.45, 2.75) is 6.92 Å². The molecule has 7 heteroatoms. The van der Waals surface area contributed by atoms with E-state index in [0.717, 1.165) is 5.75 Å². The van der Waals surface area contributed by atoms with Gasteiger partial charge in [0.15, 0.2) is 0 Å². The summed E-state index contributed by atoms with van der Waals surface area (Å²) >= 11 is 7.55. The summed E-state index contributed by atoms with van der Waals surface area (Å²) in [5.41, 5.74) is 2.81. The third kappa shape index (κ3) is 4.72. The first-order chi connectivity index (χ1) is 8.56. The Balaban J connectivity index is 2.63. The Labute approximate surface area is 116 Å². The summed E-state index contributed by atoms with van der Waals surface area (Å²) in [6, 6.07) is 3.07. The van der Waals surface area contributed by atoms with Crippen molar-refractivity contribution < 1.29 is 4.79 Å². The maximum Gasteiger partial charge on any atom is 0.251 e. The molecule has 1 amide bonds. The molecule has 1 atom stereocenters. The van der Waals surface area contributed by atoms with Crippen LogP contribution in [0.1, 0.15) is 17.3 Å². The quantitative estimate of drug-likeness (QED) is 0.422. The number of anilines is 1. The van der Waals surface area contributed by atoms with Gasteiger partial charge >= 0.3 is 0 Å². The number of pyridine rings is 1. The van der Waals surface area contributed by atoms with Crippen molar-refractivity contribution in [1.29, 1.82) is 0 Å².